The summed E-state index contributed by atoms with van der Waals surface area (Å²) >= 11 is 0. The molecule has 0 bridgehead atoms. The van der Waals surface area contributed by atoms with E-state index in [-0.39, 0.29) is 12.1 Å². The van der Waals surface area contributed by atoms with Crippen molar-refractivity contribution in [2.45, 2.75) is 18.5 Å². The van der Waals surface area contributed by atoms with E-state index >= 15 is 0 Å². The molecule has 3 aromatic rings. The fourth-order valence-electron chi connectivity index (χ4n) is 3.17. The lowest BCUT2D eigenvalue weighted by Crippen LogP contribution is -2.37. The molecule has 0 aliphatic carbocycles. The fourth-order valence-corrected chi connectivity index (χ4v) is 3.17. The van der Waals surface area contributed by atoms with E-state index in [0.29, 0.717) is 23.2 Å². The van der Waals surface area contributed by atoms with Gasteiger partial charge < -0.3 is 10.2 Å². The molecule has 0 fully saturated rings. The molecule has 0 radical (unpaired) electrons. The Kier molecular flexibility index (Phi) is 4.63. The van der Waals surface area contributed by atoms with Gasteiger partial charge in [-0.3, -0.25) is 0 Å². The molecule has 136 valence electrons. The maximum absolute atomic E-state index is 14.1. The third kappa shape index (κ3) is 3.12. The molecule has 1 unspecified atom stereocenters. The summed E-state index contributed by atoms with van der Waals surface area (Å²) in [6.07, 6.45) is -4.67. The molecule has 0 saturated carbocycles. The summed E-state index contributed by atoms with van der Waals surface area (Å²) in [6.45, 7) is 1.63. The highest BCUT2D eigenvalue weighted by Gasteiger charge is 2.41. The Morgan fingerprint density at radius 2 is 1.54 bits per heavy atom. The second-order valence-corrected chi connectivity index (χ2v) is 6.11. The van der Waals surface area contributed by atoms with Crippen LogP contribution in [0.3, 0.4) is 0 Å². The Bertz CT molecular complexity index is 902. The van der Waals surface area contributed by atoms with Gasteiger partial charge in [-0.2, -0.15) is 13.2 Å². The molecule has 1 aromatic heterocycles. The zero-order valence-electron chi connectivity index (χ0n) is 14.0. The van der Waals surface area contributed by atoms with Crippen LogP contribution in [-0.4, -0.2) is 6.54 Å². The van der Waals surface area contributed by atoms with Crippen molar-refractivity contribution in [3.63, 3.8) is 0 Å². The number of hydrogen-bond donors (Lipinski definition) is 1. The van der Waals surface area contributed by atoms with Crippen molar-refractivity contribution in [2.75, 3.05) is 6.54 Å². The molecule has 0 aliphatic heterocycles. The standard InChI is InChI=1S/C20H17F4NO/c1-13-7-8-18(26-13)19(12-25,14-5-3-2-4-6-14)15-9-16(20(22,23)24)11-17(21)10-15/h2-11H,12,25H2,1H3. The lowest BCUT2D eigenvalue weighted by atomic mass is 9.72. The topological polar surface area (TPSA) is 39.2 Å². The van der Waals surface area contributed by atoms with E-state index in [0.717, 1.165) is 12.1 Å². The van der Waals surface area contributed by atoms with Gasteiger partial charge in [0.15, 0.2) is 0 Å². The minimum absolute atomic E-state index is 0.0906. The Labute approximate surface area is 148 Å². The van der Waals surface area contributed by atoms with E-state index in [4.69, 9.17) is 10.2 Å². The summed E-state index contributed by atoms with van der Waals surface area (Å²) in [5.41, 5.74) is 4.47. The molecule has 6 heteroatoms. The number of rotatable bonds is 4. The van der Waals surface area contributed by atoms with Crippen LogP contribution < -0.4 is 5.73 Å². The molecule has 1 heterocycles. The number of aryl methyl sites for hydroxylation is 1. The number of furan rings is 1. The van der Waals surface area contributed by atoms with Crippen LogP contribution in [0.15, 0.2) is 65.1 Å². The summed E-state index contributed by atoms with van der Waals surface area (Å²) in [5.74, 6) is -0.0320. The van der Waals surface area contributed by atoms with Crippen LogP contribution >= 0.6 is 0 Å². The lowest BCUT2D eigenvalue weighted by molar-refractivity contribution is -0.137. The Hall–Kier alpha value is -2.60. The van der Waals surface area contributed by atoms with Crippen LogP contribution in [0.4, 0.5) is 17.6 Å². The van der Waals surface area contributed by atoms with E-state index in [1.807, 2.05) is 0 Å². The second kappa shape index (κ2) is 6.61. The van der Waals surface area contributed by atoms with E-state index in [9.17, 15) is 17.6 Å². The summed E-state index contributed by atoms with van der Waals surface area (Å²) in [4.78, 5) is 0. The van der Waals surface area contributed by atoms with Crippen LogP contribution in [-0.2, 0) is 11.6 Å². The predicted octanol–water partition coefficient (Wildman–Crippen LogP) is 5.04. The maximum Gasteiger partial charge on any atom is 0.416 e. The summed E-state index contributed by atoms with van der Waals surface area (Å²) in [6, 6.07) is 14.6. The van der Waals surface area contributed by atoms with Gasteiger partial charge in [-0.15, -0.1) is 0 Å². The molecular weight excluding hydrogens is 346 g/mol. The van der Waals surface area contributed by atoms with Gasteiger partial charge in [-0.1, -0.05) is 30.3 Å². The van der Waals surface area contributed by atoms with Crippen molar-refractivity contribution in [1.29, 1.82) is 0 Å². The highest BCUT2D eigenvalue weighted by molar-refractivity contribution is 5.49. The van der Waals surface area contributed by atoms with E-state index in [2.05, 4.69) is 0 Å². The van der Waals surface area contributed by atoms with Crippen LogP contribution in [0.25, 0.3) is 0 Å². The zero-order valence-corrected chi connectivity index (χ0v) is 14.0. The molecule has 0 spiro atoms. The molecule has 0 aliphatic rings. The predicted molar refractivity (Wildman–Crippen MR) is 90.2 cm³/mol. The van der Waals surface area contributed by atoms with Crippen molar-refractivity contribution in [3.8, 4) is 0 Å². The first kappa shape index (κ1) is 18.2. The molecule has 26 heavy (non-hydrogen) atoms. The third-order valence-electron chi connectivity index (χ3n) is 4.45. The van der Waals surface area contributed by atoms with E-state index in [1.165, 1.54) is 0 Å². The van der Waals surface area contributed by atoms with Crippen molar-refractivity contribution in [3.05, 3.63) is 94.7 Å². The minimum atomic E-state index is -4.67. The maximum atomic E-state index is 14.1. The van der Waals surface area contributed by atoms with Gasteiger partial charge in [-0.25, -0.2) is 4.39 Å². The van der Waals surface area contributed by atoms with Gasteiger partial charge in [0.1, 0.15) is 17.3 Å². The highest BCUT2D eigenvalue weighted by atomic mass is 19.4. The molecule has 2 nitrogen and oxygen atoms in total. The largest absolute Gasteiger partial charge is 0.465 e. The van der Waals surface area contributed by atoms with Crippen LogP contribution in [0, 0.1) is 12.7 Å². The number of alkyl halides is 3. The number of nitrogens with two attached hydrogens (primary N) is 1. The van der Waals surface area contributed by atoms with Crippen LogP contribution in [0.5, 0.6) is 0 Å². The number of benzene rings is 2. The highest BCUT2D eigenvalue weighted by Crippen LogP contribution is 2.41. The van der Waals surface area contributed by atoms with Crippen molar-refractivity contribution < 1.29 is 22.0 Å². The van der Waals surface area contributed by atoms with Gasteiger partial charge in [-0.05, 0) is 48.4 Å². The minimum Gasteiger partial charge on any atom is -0.465 e. The molecular formula is C20H17F4NO. The summed E-state index contributed by atoms with van der Waals surface area (Å²) < 4.78 is 59.5. The average molecular weight is 363 g/mol. The third-order valence-corrected chi connectivity index (χ3v) is 4.45. The molecule has 0 amide bonds. The normalized spacial score (nSPS) is 14.2. The van der Waals surface area contributed by atoms with E-state index < -0.39 is 23.0 Å². The summed E-state index contributed by atoms with van der Waals surface area (Å²) in [7, 11) is 0. The Balaban J connectivity index is 2.34. The zero-order chi connectivity index (χ0) is 18.9. The van der Waals surface area contributed by atoms with Crippen molar-refractivity contribution in [2.24, 2.45) is 5.73 Å². The molecule has 2 aromatic carbocycles. The lowest BCUT2D eigenvalue weighted by Gasteiger charge is -2.32. The van der Waals surface area contributed by atoms with Gasteiger partial charge in [0, 0.05) is 6.54 Å². The molecule has 0 saturated heterocycles. The van der Waals surface area contributed by atoms with Gasteiger partial charge in [0.05, 0.1) is 11.0 Å². The van der Waals surface area contributed by atoms with Gasteiger partial charge >= 0.3 is 6.18 Å². The first-order chi connectivity index (χ1) is 12.3. The average Bonchev–Trinajstić information content (AvgIpc) is 3.03. The monoisotopic (exact) mass is 363 g/mol. The first-order valence-corrected chi connectivity index (χ1v) is 7.98. The fraction of sp³-hybridized carbons (Fsp3) is 0.200. The summed E-state index contributed by atoms with van der Waals surface area (Å²) in [5, 5.41) is 0. The molecule has 1 atom stereocenters. The van der Waals surface area contributed by atoms with Crippen LogP contribution in [0.2, 0.25) is 0 Å². The Morgan fingerprint density at radius 1 is 0.885 bits per heavy atom. The van der Waals surface area contributed by atoms with Gasteiger partial charge in [0.2, 0.25) is 0 Å². The molecule has 3 rings (SSSR count). The Morgan fingerprint density at radius 3 is 2.08 bits per heavy atom. The quantitative estimate of drug-likeness (QED) is 0.660. The smallest absolute Gasteiger partial charge is 0.416 e. The SMILES string of the molecule is Cc1ccc(C(CN)(c2ccccc2)c2cc(F)cc(C(F)(F)F)c2)o1. The molecule has 2 N–H and O–H groups in total. The first-order valence-electron chi connectivity index (χ1n) is 7.98. The van der Waals surface area contributed by atoms with Crippen LogP contribution in [0.1, 0.15) is 28.2 Å². The number of halogens is 4. The van der Waals surface area contributed by atoms with Gasteiger partial charge in [0.25, 0.3) is 0 Å². The number of hydrogen-bond acceptors (Lipinski definition) is 2. The second-order valence-electron chi connectivity index (χ2n) is 6.11. The van der Waals surface area contributed by atoms with Crippen molar-refractivity contribution >= 4 is 0 Å². The van der Waals surface area contributed by atoms with E-state index in [1.54, 1.807) is 49.4 Å². The van der Waals surface area contributed by atoms with Crippen molar-refractivity contribution in [1.82, 2.24) is 0 Å².